The summed E-state index contributed by atoms with van der Waals surface area (Å²) >= 11 is 1.54. The number of ether oxygens (including phenoxy) is 1. The number of hydrogen-bond acceptors (Lipinski definition) is 4. The van der Waals surface area contributed by atoms with Crippen LogP contribution in [0.2, 0.25) is 0 Å². The zero-order chi connectivity index (χ0) is 21.3. The molecule has 0 amide bonds. The fourth-order valence-corrected chi connectivity index (χ4v) is 3.57. The molecule has 6 heteroatoms. The fraction of sp³-hybridized carbons (Fsp3) is 0.714. The quantitative estimate of drug-likeness (QED) is 0.254. The molecule has 0 radical (unpaired) electrons. The molecule has 0 saturated heterocycles. The molecular formula is C21H44N2O2S2. The Morgan fingerprint density at radius 1 is 0.963 bits per heavy atom. The molecule has 27 heavy (non-hydrogen) atoms. The molecule has 1 atom stereocenters. The fourth-order valence-electron chi connectivity index (χ4n) is 1.69. The Labute approximate surface area is 176 Å². The van der Waals surface area contributed by atoms with Crippen molar-refractivity contribution in [2.45, 2.75) is 84.5 Å². The van der Waals surface area contributed by atoms with Crippen molar-refractivity contribution < 1.29 is 8.95 Å². The van der Waals surface area contributed by atoms with E-state index in [-0.39, 0.29) is 0 Å². The highest BCUT2D eigenvalue weighted by molar-refractivity contribution is 8.07. The van der Waals surface area contributed by atoms with Gasteiger partial charge in [-0.1, -0.05) is 85.1 Å². The summed E-state index contributed by atoms with van der Waals surface area (Å²) in [5.41, 5.74) is 6.29. The topological polar surface area (TPSA) is 64.4 Å². The standard InChI is InChI=1S/C14H24N2OS2.C3H8.C2H6O.C2H6/c1-2-3-4-5-6-7-12-18-16-19(17)14-10-8-13(15)9-11-14;2*1-3-2;1-2/h8-11,16H,2-7,12,15H2,1H3;3H2,1-2H3;1-2H3;1-2H3. The van der Waals surface area contributed by atoms with Crippen LogP contribution in [-0.4, -0.2) is 24.2 Å². The number of rotatable bonds is 10. The first-order chi connectivity index (χ1) is 13.1. The Morgan fingerprint density at radius 2 is 1.41 bits per heavy atom. The van der Waals surface area contributed by atoms with Crippen LogP contribution in [0.15, 0.2) is 29.2 Å². The first-order valence-corrected chi connectivity index (χ1v) is 12.3. The maximum Gasteiger partial charge on any atom is 0.134 e. The largest absolute Gasteiger partial charge is 0.399 e. The molecule has 0 bridgehead atoms. The second kappa shape index (κ2) is 27.7. The number of nitrogen functional groups attached to an aromatic ring is 1. The summed E-state index contributed by atoms with van der Waals surface area (Å²) in [6.45, 7) is 10.5. The van der Waals surface area contributed by atoms with Gasteiger partial charge in [0.1, 0.15) is 11.0 Å². The van der Waals surface area contributed by atoms with Crippen LogP contribution < -0.4 is 9.86 Å². The number of benzene rings is 1. The minimum atomic E-state index is -1.14. The summed E-state index contributed by atoms with van der Waals surface area (Å²) in [6.07, 6.45) is 8.98. The number of hydrogen-bond donors (Lipinski definition) is 2. The van der Waals surface area contributed by atoms with Crippen molar-refractivity contribution >= 4 is 28.6 Å². The molecule has 1 rings (SSSR count). The lowest BCUT2D eigenvalue weighted by atomic mass is 10.1. The highest BCUT2D eigenvalue weighted by atomic mass is 32.2. The van der Waals surface area contributed by atoms with E-state index in [9.17, 15) is 4.21 Å². The van der Waals surface area contributed by atoms with Gasteiger partial charge in [-0.25, -0.2) is 4.21 Å². The lowest BCUT2D eigenvalue weighted by molar-refractivity contribution is 0.277. The zero-order valence-corrected chi connectivity index (χ0v) is 20.3. The van der Waals surface area contributed by atoms with Gasteiger partial charge >= 0.3 is 0 Å². The number of methoxy groups -OCH3 is 1. The minimum absolute atomic E-state index is 0.695. The molecule has 1 aromatic carbocycles. The van der Waals surface area contributed by atoms with Gasteiger partial charge in [0.15, 0.2) is 0 Å². The number of unbranched alkanes of at least 4 members (excludes halogenated alkanes) is 5. The van der Waals surface area contributed by atoms with Crippen LogP contribution >= 0.6 is 11.9 Å². The van der Waals surface area contributed by atoms with E-state index in [2.05, 4.69) is 29.6 Å². The summed E-state index contributed by atoms with van der Waals surface area (Å²) in [5, 5.41) is 0. The third-order valence-electron chi connectivity index (χ3n) is 2.83. The maximum atomic E-state index is 11.9. The third kappa shape index (κ3) is 25.4. The van der Waals surface area contributed by atoms with Crippen LogP contribution in [0.5, 0.6) is 0 Å². The predicted molar refractivity (Wildman–Crippen MR) is 126 cm³/mol. The summed E-state index contributed by atoms with van der Waals surface area (Å²) in [6, 6.07) is 7.13. The van der Waals surface area contributed by atoms with Crippen molar-refractivity contribution in [1.82, 2.24) is 4.13 Å². The first kappa shape index (κ1) is 31.1. The van der Waals surface area contributed by atoms with Crippen LogP contribution in [-0.2, 0) is 15.7 Å². The minimum Gasteiger partial charge on any atom is -0.399 e. The molecule has 0 heterocycles. The average Bonchev–Trinajstić information content (AvgIpc) is 2.67. The van der Waals surface area contributed by atoms with Crippen LogP contribution in [0.1, 0.15) is 79.6 Å². The Hall–Kier alpha value is -0.560. The van der Waals surface area contributed by atoms with E-state index in [1.54, 1.807) is 50.4 Å². The van der Waals surface area contributed by atoms with Gasteiger partial charge in [-0.2, -0.15) is 4.13 Å². The molecule has 0 aliphatic rings. The van der Waals surface area contributed by atoms with Crippen molar-refractivity contribution in [1.29, 1.82) is 0 Å². The van der Waals surface area contributed by atoms with Gasteiger partial charge in [-0.05, 0) is 30.7 Å². The molecule has 0 aromatic heterocycles. The van der Waals surface area contributed by atoms with Gasteiger partial charge < -0.3 is 10.5 Å². The second-order valence-corrected chi connectivity index (χ2v) is 8.03. The monoisotopic (exact) mass is 420 g/mol. The van der Waals surface area contributed by atoms with Crippen LogP contribution in [0.4, 0.5) is 5.69 Å². The van der Waals surface area contributed by atoms with Crippen molar-refractivity contribution in [2.75, 3.05) is 25.7 Å². The van der Waals surface area contributed by atoms with Gasteiger partial charge in [0.25, 0.3) is 0 Å². The molecule has 0 fully saturated rings. The molecule has 162 valence electrons. The van der Waals surface area contributed by atoms with Crippen molar-refractivity contribution in [2.24, 2.45) is 0 Å². The molecular weight excluding hydrogens is 376 g/mol. The summed E-state index contributed by atoms with van der Waals surface area (Å²) in [5.74, 6) is 1.01. The van der Waals surface area contributed by atoms with Crippen molar-refractivity contribution in [3.8, 4) is 0 Å². The summed E-state index contributed by atoms with van der Waals surface area (Å²) in [4.78, 5) is 0.768. The molecule has 4 nitrogen and oxygen atoms in total. The van der Waals surface area contributed by atoms with Gasteiger partial charge in [0, 0.05) is 25.7 Å². The Balaban J connectivity index is -0.000000620. The van der Waals surface area contributed by atoms with E-state index < -0.39 is 11.0 Å². The van der Waals surface area contributed by atoms with E-state index in [0.717, 1.165) is 10.6 Å². The highest BCUT2D eigenvalue weighted by Gasteiger charge is 2.02. The Morgan fingerprint density at radius 3 is 1.89 bits per heavy atom. The lowest BCUT2D eigenvalue weighted by Gasteiger charge is -2.04. The van der Waals surface area contributed by atoms with Crippen molar-refractivity contribution in [3.05, 3.63) is 24.3 Å². The first-order valence-electron chi connectivity index (χ1n) is 10.1. The normalized spacial score (nSPS) is 10.3. The van der Waals surface area contributed by atoms with Gasteiger partial charge in [0.05, 0.1) is 4.90 Å². The SMILES string of the molecule is CC.CCC.CCCCCCCCSNS(=O)c1ccc(N)cc1.COC. The van der Waals surface area contributed by atoms with Gasteiger partial charge in [0.2, 0.25) is 0 Å². The van der Waals surface area contributed by atoms with Gasteiger partial charge in [-0.3, -0.25) is 0 Å². The van der Waals surface area contributed by atoms with Crippen LogP contribution in [0.25, 0.3) is 0 Å². The van der Waals surface area contributed by atoms with Crippen LogP contribution in [0, 0.1) is 0 Å². The molecule has 0 spiro atoms. The van der Waals surface area contributed by atoms with Crippen LogP contribution in [0.3, 0.4) is 0 Å². The zero-order valence-electron chi connectivity index (χ0n) is 18.7. The molecule has 1 unspecified atom stereocenters. The van der Waals surface area contributed by atoms with Gasteiger partial charge in [-0.15, -0.1) is 0 Å². The van der Waals surface area contributed by atoms with E-state index in [1.165, 1.54) is 44.9 Å². The molecule has 1 aromatic rings. The smallest absolute Gasteiger partial charge is 0.134 e. The average molecular weight is 421 g/mol. The van der Waals surface area contributed by atoms with E-state index >= 15 is 0 Å². The highest BCUT2D eigenvalue weighted by Crippen LogP contribution is 2.12. The second-order valence-electron chi connectivity index (χ2n) is 5.65. The van der Waals surface area contributed by atoms with Crippen molar-refractivity contribution in [3.63, 3.8) is 0 Å². The molecule has 0 saturated carbocycles. The molecule has 3 N–H and O–H groups in total. The summed E-state index contributed by atoms with van der Waals surface area (Å²) < 4.78 is 19.1. The number of anilines is 1. The maximum absolute atomic E-state index is 11.9. The third-order valence-corrected chi connectivity index (χ3v) is 5.10. The van der Waals surface area contributed by atoms with E-state index in [4.69, 9.17) is 5.73 Å². The summed E-state index contributed by atoms with van der Waals surface area (Å²) in [7, 11) is 2.11. The Kier molecular flexibility index (Phi) is 31.9. The lowest BCUT2D eigenvalue weighted by Crippen LogP contribution is -2.09. The van der Waals surface area contributed by atoms with E-state index in [1.807, 2.05) is 13.8 Å². The molecule has 0 aliphatic carbocycles. The number of nitrogens with one attached hydrogen (secondary N) is 1. The predicted octanol–water partition coefficient (Wildman–Crippen LogP) is 6.59. The molecule has 0 aliphatic heterocycles. The Bertz CT molecular complexity index is 400. The van der Waals surface area contributed by atoms with E-state index in [0.29, 0.717) is 5.69 Å². The number of nitrogens with two attached hydrogens (primary N) is 1.